The maximum atomic E-state index is 12.6. The summed E-state index contributed by atoms with van der Waals surface area (Å²) in [5, 5.41) is 13.5. The number of amidine groups is 1. The Morgan fingerprint density at radius 2 is 2.32 bits per heavy atom. The van der Waals surface area contributed by atoms with Crippen LogP contribution in [0.15, 0.2) is 25.3 Å². The standard InChI is InChI=1S/C10H14BrN3O3S2/c11-7-4-6-18-10(7)19(16,17)14-5-2-1-3-8(14)9(12)13-15/h4,6,8,15H,1-3,5H2,(H2,12,13). The molecule has 0 amide bonds. The minimum absolute atomic E-state index is 0.0593. The highest BCUT2D eigenvalue weighted by Crippen LogP contribution is 2.33. The van der Waals surface area contributed by atoms with Crippen LogP contribution in [0.4, 0.5) is 0 Å². The fraction of sp³-hybridized carbons (Fsp3) is 0.500. The molecule has 9 heteroatoms. The SMILES string of the molecule is NC(=NO)C1CCCCN1S(=O)(=O)c1sccc1Br. The molecule has 1 atom stereocenters. The van der Waals surface area contributed by atoms with Gasteiger partial charge in [0.15, 0.2) is 5.84 Å². The van der Waals surface area contributed by atoms with Crippen LogP contribution in [-0.4, -0.2) is 36.4 Å². The fourth-order valence-electron chi connectivity index (χ4n) is 2.13. The molecule has 1 aliphatic heterocycles. The third-order valence-corrected chi connectivity index (χ3v) is 7.59. The predicted octanol–water partition coefficient (Wildman–Crippen LogP) is 1.80. The summed E-state index contributed by atoms with van der Waals surface area (Å²) in [6.07, 6.45) is 2.20. The highest BCUT2D eigenvalue weighted by atomic mass is 79.9. The Kier molecular flexibility index (Phi) is 4.49. The zero-order chi connectivity index (χ0) is 14.0. The van der Waals surface area contributed by atoms with Crippen LogP contribution in [0.3, 0.4) is 0 Å². The van der Waals surface area contributed by atoms with Crippen LogP contribution in [0.5, 0.6) is 0 Å². The molecule has 1 unspecified atom stereocenters. The highest BCUT2D eigenvalue weighted by molar-refractivity contribution is 9.10. The summed E-state index contributed by atoms with van der Waals surface area (Å²) in [5.41, 5.74) is 5.61. The number of nitrogens with zero attached hydrogens (tertiary/aromatic N) is 2. The molecule has 0 spiro atoms. The zero-order valence-electron chi connectivity index (χ0n) is 9.99. The van der Waals surface area contributed by atoms with Gasteiger partial charge in [-0.15, -0.1) is 11.3 Å². The molecule has 1 aromatic rings. The Morgan fingerprint density at radius 1 is 1.58 bits per heavy atom. The number of halogens is 1. The lowest BCUT2D eigenvalue weighted by Gasteiger charge is -2.33. The lowest BCUT2D eigenvalue weighted by Crippen LogP contribution is -2.50. The second-order valence-electron chi connectivity index (χ2n) is 4.21. The van der Waals surface area contributed by atoms with Gasteiger partial charge in [0.05, 0.1) is 6.04 Å². The minimum atomic E-state index is -3.62. The van der Waals surface area contributed by atoms with E-state index in [2.05, 4.69) is 21.1 Å². The summed E-state index contributed by atoms with van der Waals surface area (Å²) < 4.78 is 27.3. The van der Waals surface area contributed by atoms with E-state index in [-0.39, 0.29) is 10.0 Å². The fourth-order valence-corrected chi connectivity index (χ4v) is 6.22. The summed E-state index contributed by atoms with van der Waals surface area (Å²) >= 11 is 4.39. The second-order valence-corrected chi connectivity index (χ2v) is 8.06. The Morgan fingerprint density at radius 3 is 2.89 bits per heavy atom. The van der Waals surface area contributed by atoms with Gasteiger partial charge in [-0.1, -0.05) is 11.6 Å². The molecule has 3 N–H and O–H groups in total. The molecule has 1 aromatic heterocycles. The Labute approximate surface area is 124 Å². The number of piperidine rings is 1. The van der Waals surface area contributed by atoms with Crippen molar-refractivity contribution in [3.63, 3.8) is 0 Å². The summed E-state index contributed by atoms with van der Waals surface area (Å²) in [6.45, 7) is 0.383. The van der Waals surface area contributed by atoms with Crippen LogP contribution in [0.25, 0.3) is 0 Å². The van der Waals surface area contributed by atoms with Gasteiger partial charge in [-0.2, -0.15) is 4.31 Å². The molecule has 2 rings (SSSR count). The van der Waals surface area contributed by atoms with E-state index in [1.165, 1.54) is 4.31 Å². The van der Waals surface area contributed by atoms with Crippen molar-refractivity contribution in [2.45, 2.75) is 29.5 Å². The van der Waals surface area contributed by atoms with Crippen molar-refractivity contribution in [3.8, 4) is 0 Å². The first-order valence-corrected chi connectivity index (χ1v) is 8.82. The van der Waals surface area contributed by atoms with Gasteiger partial charge in [0.25, 0.3) is 10.0 Å². The third-order valence-electron chi connectivity index (χ3n) is 3.04. The van der Waals surface area contributed by atoms with Gasteiger partial charge < -0.3 is 10.9 Å². The molecule has 1 fully saturated rings. The van der Waals surface area contributed by atoms with E-state index in [1.807, 2.05) is 0 Å². The average Bonchev–Trinajstić information content (AvgIpc) is 2.85. The summed E-state index contributed by atoms with van der Waals surface area (Å²) in [4.78, 5) is 0. The van der Waals surface area contributed by atoms with Gasteiger partial charge in [0.1, 0.15) is 4.21 Å². The first-order chi connectivity index (χ1) is 8.98. The van der Waals surface area contributed by atoms with Crippen LogP contribution in [-0.2, 0) is 10.0 Å². The van der Waals surface area contributed by atoms with Crippen molar-refractivity contribution < 1.29 is 13.6 Å². The van der Waals surface area contributed by atoms with E-state index in [1.54, 1.807) is 11.4 Å². The first kappa shape index (κ1) is 14.8. The maximum absolute atomic E-state index is 12.6. The number of rotatable bonds is 3. The quantitative estimate of drug-likeness (QED) is 0.368. The summed E-state index contributed by atoms with van der Waals surface area (Å²) in [5.74, 6) is -0.0593. The van der Waals surface area contributed by atoms with E-state index in [0.29, 0.717) is 17.4 Å². The summed E-state index contributed by atoms with van der Waals surface area (Å²) in [7, 11) is -3.62. The van der Waals surface area contributed by atoms with Crippen molar-refractivity contribution in [1.82, 2.24) is 4.31 Å². The molecule has 0 radical (unpaired) electrons. The minimum Gasteiger partial charge on any atom is -0.409 e. The maximum Gasteiger partial charge on any atom is 0.254 e. The van der Waals surface area contributed by atoms with Gasteiger partial charge in [-0.05, 0) is 40.2 Å². The van der Waals surface area contributed by atoms with Gasteiger partial charge in [0, 0.05) is 11.0 Å². The smallest absolute Gasteiger partial charge is 0.254 e. The second kappa shape index (κ2) is 5.78. The molecule has 0 bridgehead atoms. The topological polar surface area (TPSA) is 96.0 Å². The number of nitrogens with two attached hydrogens (primary N) is 1. The van der Waals surface area contributed by atoms with Crippen LogP contribution in [0.1, 0.15) is 19.3 Å². The molecule has 6 nitrogen and oxygen atoms in total. The Hall–Kier alpha value is -0.640. The van der Waals surface area contributed by atoms with Crippen molar-refractivity contribution >= 4 is 43.1 Å². The molecule has 1 saturated heterocycles. The normalized spacial score (nSPS) is 22.6. The molecule has 2 heterocycles. The van der Waals surface area contributed by atoms with Crippen molar-refractivity contribution in [2.24, 2.45) is 10.9 Å². The van der Waals surface area contributed by atoms with Crippen molar-refractivity contribution in [2.75, 3.05) is 6.54 Å². The highest BCUT2D eigenvalue weighted by Gasteiger charge is 2.37. The monoisotopic (exact) mass is 367 g/mol. The van der Waals surface area contributed by atoms with Gasteiger partial charge in [-0.3, -0.25) is 0 Å². The van der Waals surface area contributed by atoms with Crippen LogP contribution in [0, 0.1) is 0 Å². The van der Waals surface area contributed by atoms with Crippen molar-refractivity contribution in [1.29, 1.82) is 0 Å². The molecular weight excluding hydrogens is 354 g/mol. The number of hydrogen-bond acceptors (Lipinski definition) is 5. The van der Waals surface area contributed by atoms with E-state index < -0.39 is 16.1 Å². The molecule has 0 aromatic carbocycles. The number of sulfonamides is 1. The van der Waals surface area contributed by atoms with Crippen molar-refractivity contribution in [3.05, 3.63) is 15.9 Å². The van der Waals surface area contributed by atoms with E-state index in [9.17, 15) is 8.42 Å². The molecular formula is C10H14BrN3O3S2. The third kappa shape index (κ3) is 2.78. The lowest BCUT2D eigenvalue weighted by atomic mass is 10.0. The van der Waals surface area contributed by atoms with Crippen LogP contribution in [0.2, 0.25) is 0 Å². The Balaban J connectivity index is 2.40. The molecule has 19 heavy (non-hydrogen) atoms. The average molecular weight is 368 g/mol. The van der Waals surface area contributed by atoms with E-state index in [0.717, 1.165) is 24.2 Å². The van der Waals surface area contributed by atoms with E-state index >= 15 is 0 Å². The van der Waals surface area contributed by atoms with Crippen LogP contribution < -0.4 is 5.73 Å². The molecule has 0 aliphatic carbocycles. The van der Waals surface area contributed by atoms with Gasteiger partial charge in [-0.25, -0.2) is 8.42 Å². The molecule has 106 valence electrons. The van der Waals surface area contributed by atoms with Gasteiger partial charge >= 0.3 is 0 Å². The summed E-state index contributed by atoms with van der Waals surface area (Å²) in [6, 6.07) is 1.12. The van der Waals surface area contributed by atoms with E-state index in [4.69, 9.17) is 10.9 Å². The number of oxime groups is 1. The first-order valence-electron chi connectivity index (χ1n) is 5.70. The lowest BCUT2D eigenvalue weighted by molar-refractivity contribution is 0.281. The predicted molar refractivity (Wildman–Crippen MR) is 77.0 cm³/mol. The molecule has 1 aliphatic rings. The number of thiophene rings is 1. The largest absolute Gasteiger partial charge is 0.409 e. The van der Waals surface area contributed by atoms with Gasteiger partial charge in [0.2, 0.25) is 0 Å². The zero-order valence-corrected chi connectivity index (χ0v) is 13.2. The van der Waals surface area contributed by atoms with Crippen LogP contribution >= 0.6 is 27.3 Å². The Bertz CT molecular complexity index is 585. The molecule has 0 saturated carbocycles. The number of hydrogen-bond donors (Lipinski definition) is 2.